The maximum atomic E-state index is 14.7. The fourth-order valence-electron chi connectivity index (χ4n) is 4.54. The Balaban J connectivity index is 0.00000204. The molecule has 5 heterocycles. The van der Waals surface area contributed by atoms with Gasteiger partial charge in [0, 0.05) is 24.2 Å². The van der Waals surface area contributed by atoms with Gasteiger partial charge in [0.25, 0.3) is 0 Å². The minimum Gasteiger partial charge on any atom is -0.493 e. The van der Waals surface area contributed by atoms with Crippen LogP contribution in [0.5, 0.6) is 11.5 Å². The predicted molar refractivity (Wildman–Crippen MR) is 110 cm³/mol. The van der Waals surface area contributed by atoms with Crippen molar-refractivity contribution in [3.8, 4) is 22.8 Å². The first-order valence-corrected chi connectivity index (χ1v) is 9.72. The van der Waals surface area contributed by atoms with E-state index >= 15 is 0 Å². The van der Waals surface area contributed by atoms with Gasteiger partial charge in [-0.25, -0.2) is 4.39 Å². The summed E-state index contributed by atoms with van der Waals surface area (Å²) in [5, 5.41) is 12.1. The molecule has 0 unspecified atom stereocenters. The number of aromatic nitrogens is 5. The van der Waals surface area contributed by atoms with Crippen LogP contribution in [0, 0.1) is 11.8 Å². The molecule has 2 aliphatic rings. The summed E-state index contributed by atoms with van der Waals surface area (Å²) in [5.41, 5.74) is 4.22. The van der Waals surface area contributed by atoms with Crippen molar-refractivity contribution in [1.82, 2.24) is 24.4 Å². The van der Waals surface area contributed by atoms with Crippen LogP contribution in [0.2, 0.25) is 0 Å². The molecule has 6 rings (SSSR count). The number of fused-ring (bicyclic) bond motifs is 3. The number of nitrogens with zero attached hydrogens (tertiary/aromatic N) is 5. The molecule has 0 saturated carbocycles. The minimum atomic E-state index is -0.573. The first-order valence-electron chi connectivity index (χ1n) is 9.72. The lowest BCUT2D eigenvalue weighted by atomic mass is 9.93. The quantitative estimate of drug-likeness (QED) is 0.449. The summed E-state index contributed by atoms with van der Waals surface area (Å²) in [6, 6.07) is 6.35. The zero-order chi connectivity index (χ0) is 20.4. The lowest BCUT2D eigenvalue weighted by molar-refractivity contribution is 0.246. The van der Waals surface area contributed by atoms with Crippen molar-refractivity contribution in [3.05, 3.63) is 59.2 Å². The SMILES string of the molecule is Cl.Cn1nc(F)cc1-c1cc2c(n3cnnc13)CCc1c(F)ccc3c1[C@H](CO3)CO2. The van der Waals surface area contributed by atoms with Gasteiger partial charge in [-0.2, -0.15) is 4.39 Å². The van der Waals surface area contributed by atoms with Crippen LogP contribution in [0.25, 0.3) is 16.9 Å². The second kappa shape index (κ2) is 7.19. The summed E-state index contributed by atoms with van der Waals surface area (Å²) >= 11 is 0. The van der Waals surface area contributed by atoms with Crippen molar-refractivity contribution >= 4 is 18.1 Å². The molecule has 0 spiro atoms. The van der Waals surface area contributed by atoms with E-state index in [1.165, 1.54) is 16.8 Å². The summed E-state index contributed by atoms with van der Waals surface area (Å²) in [6.07, 6.45) is 2.63. The van der Waals surface area contributed by atoms with Crippen molar-refractivity contribution in [1.29, 1.82) is 0 Å². The zero-order valence-electron chi connectivity index (χ0n) is 16.5. The fourth-order valence-corrected chi connectivity index (χ4v) is 4.54. The van der Waals surface area contributed by atoms with Gasteiger partial charge in [-0.15, -0.1) is 27.7 Å². The number of benzene rings is 1. The molecule has 0 saturated heterocycles. The maximum absolute atomic E-state index is 14.7. The topological polar surface area (TPSA) is 66.5 Å². The monoisotopic (exact) mass is 445 g/mol. The Bertz CT molecular complexity index is 1320. The van der Waals surface area contributed by atoms with Crippen LogP contribution in [0.3, 0.4) is 0 Å². The van der Waals surface area contributed by atoms with E-state index in [4.69, 9.17) is 9.47 Å². The molecule has 1 aromatic carbocycles. The van der Waals surface area contributed by atoms with Crippen LogP contribution in [-0.2, 0) is 19.9 Å². The summed E-state index contributed by atoms with van der Waals surface area (Å²) < 4.78 is 43.7. The Morgan fingerprint density at radius 2 is 1.87 bits per heavy atom. The van der Waals surface area contributed by atoms with Gasteiger partial charge >= 0.3 is 0 Å². The van der Waals surface area contributed by atoms with E-state index in [1.54, 1.807) is 19.4 Å². The molecule has 4 aromatic rings. The molecule has 10 heteroatoms. The van der Waals surface area contributed by atoms with Crippen LogP contribution in [0.1, 0.15) is 22.7 Å². The Morgan fingerprint density at radius 3 is 2.65 bits per heavy atom. The second-order valence-corrected chi connectivity index (χ2v) is 7.63. The third-order valence-electron chi connectivity index (χ3n) is 5.93. The van der Waals surface area contributed by atoms with Gasteiger partial charge in [0.15, 0.2) is 5.65 Å². The number of aryl methyl sites for hydroxylation is 2. The number of rotatable bonds is 1. The van der Waals surface area contributed by atoms with Crippen molar-refractivity contribution in [3.63, 3.8) is 0 Å². The van der Waals surface area contributed by atoms with Crippen LogP contribution in [-0.4, -0.2) is 37.6 Å². The maximum Gasteiger partial charge on any atom is 0.233 e. The fraction of sp³-hybridized carbons (Fsp3) is 0.286. The first-order chi connectivity index (χ1) is 14.6. The molecule has 31 heavy (non-hydrogen) atoms. The lowest BCUT2D eigenvalue weighted by Crippen LogP contribution is -2.13. The van der Waals surface area contributed by atoms with E-state index in [9.17, 15) is 8.78 Å². The summed E-state index contributed by atoms with van der Waals surface area (Å²) in [4.78, 5) is 0. The van der Waals surface area contributed by atoms with Crippen molar-refractivity contribution < 1.29 is 18.3 Å². The van der Waals surface area contributed by atoms with Crippen LogP contribution >= 0.6 is 12.4 Å². The van der Waals surface area contributed by atoms with Gasteiger partial charge in [0.1, 0.15) is 23.6 Å². The predicted octanol–water partition coefficient (Wildman–Crippen LogP) is 3.48. The number of hydrogen-bond donors (Lipinski definition) is 0. The van der Waals surface area contributed by atoms with Gasteiger partial charge in [-0.05, 0) is 36.6 Å². The molecule has 0 radical (unpaired) electrons. The highest BCUT2D eigenvalue weighted by Gasteiger charge is 2.31. The van der Waals surface area contributed by atoms with E-state index in [1.807, 2.05) is 10.5 Å². The van der Waals surface area contributed by atoms with Crippen LogP contribution < -0.4 is 9.47 Å². The number of pyridine rings is 1. The average molecular weight is 446 g/mol. The van der Waals surface area contributed by atoms with Crippen LogP contribution in [0.4, 0.5) is 8.78 Å². The van der Waals surface area contributed by atoms with Gasteiger partial charge in [0.2, 0.25) is 5.95 Å². The van der Waals surface area contributed by atoms with Gasteiger partial charge < -0.3 is 9.47 Å². The second-order valence-electron chi connectivity index (χ2n) is 7.63. The third-order valence-corrected chi connectivity index (χ3v) is 5.93. The molecule has 3 aromatic heterocycles. The van der Waals surface area contributed by atoms with Crippen LogP contribution in [0.15, 0.2) is 30.6 Å². The lowest BCUT2D eigenvalue weighted by Gasteiger charge is -2.16. The smallest absolute Gasteiger partial charge is 0.233 e. The molecule has 0 amide bonds. The first kappa shape index (κ1) is 19.7. The largest absolute Gasteiger partial charge is 0.493 e. The van der Waals surface area contributed by atoms with Crippen molar-refractivity contribution in [2.75, 3.05) is 13.2 Å². The van der Waals surface area contributed by atoms with E-state index in [-0.39, 0.29) is 24.1 Å². The normalized spacial score (nSPS) is 16.9. The van der Waals surface area contributed by atoms with Crippen molar-refractivity contribution in [2.45, 2.75) is 18.8 Å². The number of halogens is 3. The Morgan fingerprint density at radius 1 is 1.06 bits per heavy atom. The molecular formula is C21H18ClF2N5O2. The highest BCUT2D eigenvalue weighted by atomic mass is 35.5. The molecule has 0 fully saturated rings. The van der Waals surface area contributed by atoms with E-state index < -0.39 is 5.95 Å². The molecule has 2 aliphatic heterocycles. The summed E-state index contributed by atoms with van der Waals surface area (Å²) in [6.45, 7) is 0.805. The highest BCUT2D eigenvalue weighted by molar-refractivity contribution is 5.85. The summed E-state index contributed by atoms with van der Waals surface area (Å²) in [5.74, 6) is 0.517. The molecule has 1 atom stereocenters. The van der Waals surface area contributed by atoms with Gasteiger partial charge in [-0.1, -0.05) is 0 Å². The molecule has 0 N–H and O–H groups in total. The molecule has 160 valence electrons. The third kappa shape index (κ3) is 2.95. The average Bonchev–Trinajstić information content (AvgIpc) is 3.44. The Labute approximate surface area is 182 Å². The molecule has 0 aliphatic carbocycles. The summed E-state index contributed by atoms with van der Waals surface area (Å²) in [7, 11) is 1.67. The molecule has 7 nitrogen and oxygen atoms in total. The number of ether oxygens (including phenoxy) is 2. The van der Waals surface area contributed by atoms with Gasteiger partial charge in [-0.3, -0.25) is 9.08 Å². The standard InChI is InChI=1S/C21H17F2N5O2.ClH/c1-27-16(7-19(23)26-27)13-6-18-15(28-10-24-25-21(13)28)4-2-12-14(22)3-5-17-20(12)11(8-29-17)9-30-18;/h3,5-7,10-11H,2,4,8-9H2,1H3;1H/t11-;/m1./s1. The van der Waals surface area contributed by atoms with E-state index in [2.05, 4.69) is 15.3 Å². The van der Waals surface area contributed by atoms with E-state index in [0.29, 0.717) is 54.3 Å². The zero-order valence-corrected chi connectivity index (χ0v) is 17.3. The highest BCUT2D eigenvalue weighted by Crippen LogP contribution is 2.41. The van der Waals surface area contributed by atoms with Crippen molar-refractivity contribution in [2.24, 2.45) is 7.05 Å². The molecule has 0 bridgehead atoms. The Kier molecular flexibility index (Phi) is 4.58. The van der Waals surface area contributed by atoms with E-state index in [0.717, 1.165) is 17.0 Å². The van der Waals surface area contributed by atoms with Gasteiger partial charge in [0.05, 0.1) is 30.5 Å². The number of hydrogen-bond acceptors (Lipinski definition) is 5. The molecular weight excluding hydrogens is 428 g/mol. The Hall–Kier alpha value is -3.20. The minimum absolute atomic E-state index is 0.